The van der Waals surface area contributed by atoms with Gasteiger partial charge in [0.05, 0.1) is 23.6 Å². The molecule has 3 aliphatic heterocycles. The molecule has 2 fully saturated rings. The molecule has 0 unspecified atom stereocenters. The molecule has 28 heavy (non-hydrogen) atoms. The fraction of sp³-hybridized carbons (Fsp3) is 0.227. The number of fused-ring (bicyclic) bond motifs is 1. The van der Waals surface area contributed by atoms with E-state index in [1.54, 1.807) is 53.4 Å². The Hall–Kier alpha value is -3.41. The molecular formula is C22H18N2O4. The molecule has 4 aliphatic rings. The molecular weight excluding hydrogens is 356 g/mol. The summed E-state index contributed by atoms with van der Waals surface area (Å²) in [6, 6.07) is 17.3. The topological polar surface area (TPSA) is 66.9 Å². The van der Waals surface area contributed by atoms with Crippen molar-refractivity contribution in [2.75, 3.05) is 11.4 Å². The monoisotopic (exact) mass is 374 g/mol. The number of nitrogens with zero attached hydrogens (tertiary/aromatic N) is 2. The van der Waals surface area contributed by atoms with Gasteiger partial charge in [0.15, 0.2) is 0 Å². The summed E-state index contributed by atoms with van der Waals surface area (Å²) in [5, 5.41) is 0. The summed E-state index contributed by atoms with van der Waals surface area (Å²) in [6.07, 6.45) is 3.32. The van der Waals surface area contributed by atoms with Crippen LogP contribution in [0.1, 0.15) is 0 Å². The molecule has 2 bridgehead atoms. The molecule has 0 aromatic heterocycles. The Morgan fingerprint density at radius 2 is 1.50 bits per heavy atom. The maximum atomic E-state index is 13.2. The van der Waals surface area contributed by atoms with Gasteiger partial charge in [0.25, 0.3) is 0 Å². The SMILES string of the molecule is O=C1[C@@H]2[C@H](C(=O)N1c1ccccc1)[C@@H]1C=C[C@H]2N(C(=O)Oc2ccccc2)C1. The van der Waals surface area contributed by atoms with E-state index in [0.717, 1.165) is 0 Å². The molecule has 2 aromatic carbocycles. The van der Waals surface area contributed by atoms with Crippen LogP contribution in [-0.4, -0.2) is 35.4 Å². The highest BCUT2D eigenvalue weighted by atomic mass is 16.6. The molecule has 2 saturated heterocycles. The second-order valence-corrected chi connectivity index (χ2v) is 7.27. The number of piperidine rings is 1. The normalized spacial score (nSPS) is 27.9. The van der Waals surface area contributed by atoms with Crippen LogP contribution in [0.4, 0.5) is 10.5 Å². The van der Waals surface area contributed by atoms with E-state index >= 15 is 0 Å². The van der Waals surface area contributed by atoms with Gasteiger partial charge in [-0.25, -0.2) is 9.69 Å². The smallest absolute Gasteiger partial charge is 0.410 e. The van der Waals surface area contributed by atoms with Gasteiger partial charge in [0.1, 0.15) is 5.75 Å². The molecule has 0 N–H and O–H groups in total. The van der Waals surface area contributed by atoms with E-state index in [1.165, 1.54) is 4.90 Å². The minimum atomic E-state index is -0.570. The molecule has 6 nitrogen and oxygen atoms in total. The molecule has 0 saturated carbocycles. The molecule has 2 aromatic rings. The van der Waals surface area contributed by atoms with E-state index in [-0.39, 0.29) is 17.7 Å². The van der Waals surface area contributed by atoms with E-state index in [9.17, 15) is 14.4 Å². The van der Waals surface area contributed by atoms with Crippen LogP contribution < -0.4 is 9.64 Å². The Labute approximate surface area is 162 Å². The van der Waals surface area contributed by atoms with Gasteiger partial charge in [-0.1, -0.05) is 48.6 Å². The van der Waals surface area contributed by atoms with Gasteiger partial charge >= 0.3 is 6.09 Å². The standard InChI is InChI=1S/C22H18N2O4/c25-20-18-14-11-12-17(19(18)21(26)24(20)15-7-3-1-4-8-15)23(13-14)22(27)28-16-9-5-2-6-10-16/h1-12,14,17-19H,13H2/t14-,17-,18-,19+/m1/s1. The van der Waals surface area contributed by atoms with Crippen LogP contribution in [0.15, 0.2) is 72.8 Å². The fourth-order valence-corrected chi connectivity index (χ4v) is 4.51. The first-order valence-corrected chi connectivity index (χ1v) is 9.30. The third-order valence-electron chi connectivity index (χ3n) is 5.75. The highest BCUT2D eigenvalue weighted by molar-refractivity contribution is 6.22. The summed E-state index contributed by atoms with van der Waals surface area (Å²) in [5.74, 6) is -1.17. The highest BCUT2D eigenvalue weighted by Crippen LogP contribution is 2.46. The Kier molecular flexibility index (Phi) is 3.79. The van der Waals surface area contributed by atoms with Crippen molar-refractivity contribution >= 4 is 23.6 Å². The number of benzene rings is 2. The maximum absolute atomic E-state index is 13.2. The van der Waals surface area contributed by atoms with E-state index in [0.29, 0.717) is 18.0 Å². The zero-order chi connectivity index (χ0) is 19.3. The minimum absolute atomic E-state index is 0.184. The molecule has 6 heteroatoms. The van der Waals surface area contributed by atoms with Gasteiger partial charge in [-0.2, -0.15) is 0 Å². The number of hydrogen-bond acceptors (Lipinski definition) is 4. The number of anilines is 1. The van der Waals surface area contributed by atoms with Crippen LogP contribution in [0.3, 0.4) is 0 Å². The lowest BCUT2D eigenvalue weighted by atomic mass is 9.70. The summed E-state index contributed by atoms with van der Waals surface area (Å²) in [6.45, 7) is 0.371. The van der Waals surface area contributed by atoms with Crippen molar-refractivity contribution in [1.82, 2.24) is 4.90 Å². The lowest BCUT2D eigenvalue weighted by Gasteiger charge is -2.45. The van der Waals surface area contributed by atoms with Crippen LogP contribution in [0, 0.1) is 17.8 Å². The molecule has 3 amide bonds. The fourth-order valence-electron chi connectivity index (χ4n) is 4.51. The van der Waals surface area contributed by atoms with E-state index in [4.69, 9.17) is 4.74 Å². The number of ether oxygens (including phenoxy) is 1. The predicted octanol–water partition coefficient (Wildman–Crippen LogP) is 2.86. The number of rotatable bonds is 2. The van der Waals surface area contributed by atoms with Gasteiger partial charge in [0.2, 0.25) is 11.8 Å². The summed E-state index contributed by atoms with van der Waals surface area (Å²) in [5.41, 5.74) is 0.574. The van der Waals surface area contributed by atoms with E-state index in [2.05, 4.69) is 0 Å². The number of imide groups is 1. The third kappa shape index (κ3) is 2.45. The van der Waals surface area contributed by atoms with Gasteiger partial charge in [-0.3, -0.25) is 14.5 Å². The van der Waals surface area contributed by atoms with Crippen molar-refractivity contribution in [1.29, 1.82) is 0 Å². The van der Waals surface area contributed by atoms with Crippen LogP contribution >= 0.6 is 0 Å². The summed E-state index contributed by atoms with van der Waals surface area (Å²) in [4.78, 5) is 41.8. The van der Waals surface area contributed by atoms with Crippen LogP contribution in [-0.2, 0) is 9.59 Å². The maximum Gasteiger partial charge on any atom is 0.415 e. The lowest BCUT2D eigenvalue weighted by molar-refractivity contribution is -0.125. The summed E-state index contributed by atoms with van der Waals surface area (Å²) in [7, 11) is 0. The van der Waals surface area contributed by atoms with Crippen molar-refractivity contribution < 1.29 is 19.1 Å². The van der Waals surface area contributed by atoms with Crippen LogP contribution in [0.5, 0.6) is 5.75 Å². The van der Waals surface area contributed by atoms with Gasteiger partial charge in [-0.15, -0.1) is 0 Å². The summed E-state index contributed by atoms with van der Waals surface area (Å²) >= 11 is 0. The van der Waals surface area contributed by atoms with Crippen LogP contribution in [0.2, 0.25) is 0 Å². The quantitative estimate of drug-likeness (QED) is 0.599. The molecule has 6 rings (SSSR count). The zero-order valence-electron chi connectivity index (χ0n) is 15.0. The summed E-state index contributed by atoms with van der Waals surface area (Å²) < 4.78 is 5.47. The number of hydrogen-bond donors (Lipinski definition) is 0. The first-order chi connectivity index (χ1) is 13.6. The average Bonchev–Trinajstić information content (AvgIpc) is 3.02. The molecule has 4 atom stereocenters. The second-order valence-electron chi connectivity index (χ2n) is 7.27. The van der Waals surface area contributed by atoms with Gasteiger partial charge in [-0.05, 0) is 24.3 Å². The largest absolute Gasteiger partial charge is 0.415 e. The van der Waals surface area contributed by atoms with Crippen molar-refractivity contribution in [2.45, 2.75) is 6.04 Å². The second kappa shape index (κ2) is 6.34. The molecule has 1 aliphatic carbocycles. The van der Waals surface area contributed by atoms with Crippen LogP contribution in [0.25, 0.3) is 0 Å². The van der Waals surface area contributed by atoms with Gasteiger partial charge < -0.3 is 4.74 Å². The molecule has 0 radical (unpaired) electrons. The van der Waals surface area contributed by atoms with E-state index in [1.807, 2.05) is 24.3 Å². The Morgan fingerprint density at radius 1 is 0.857 bits per heavy atom. The Morgan fingerprint density at radius 3 is 2.21 bits per heavy atom. The van der Waals surface area contributed by atoms with Crippen molar-refractivity contribution in [3.8, 4) is 5.75 Å². The molecule has 0 spiro atoms. The first-order valence-electron chi connectivity index (χ1n) is 9.30. The van der Waals surface area contributed by atoms with Crippen molar-refractivity contribution in [3.63, 3.8) is 0 Å². The minimum Gasteiger partial charge on any atom is -0.410 e. The number of carbonyl (C=O) groups is 3. The highest BCUT2D eigenvalue weighted by Gasteiger charge is 2.60. The number of amides is 3. The Bertz CT molecular complexity index is 973. The lowest BCUT2D eigenvalue weighted by Crippen LogP contribution is -2.58. The van der Waals surface area contributed by atoms with E-state index < -0.39 is 24.0 Å². The Balaban J connectivity index is 1.43. The third-order valence-corrected chi connectivity index (χ3v) is 5.75. The first kappa shape index (κ1) is 16.7. The molecule has 3 heterocycles. The van der Waals surface area contributed by atoms with Crippen molar-refractivity contribution in [3.05, 3.63) is 72.8 Å². The number of carbonyl (C=O) groups excluding carboxylic acids is 3. The van der Waals surface area contributed by atoms with Crippen molar-refractivity contribution in [2.24, 2.45) is 17.8 Å². The zero-order valence-corrected chi connectivity index (χ0v) is 15.0. The average molecular weight is 374 g/mol. The predicted molar refractivity (Wildman–Crippen MR) is 102 cm³/mol. The number of para-hydroxylation sites is 2. The van der Waals surface area contributed by atoms with Gasteiger partial charge in [0, 0.05) is 12.5 Å². The molecule has 140 valence electrons.